The molecule has 0 saturated carbocycles. The Kier molecular flexibility index (Phi) is 5.62. The van der Waals surface area contributed by atoms with Gasteiger partial charge in [0, 0.05) is 32.2 Å². The average Bonchev–Trinajstić information content (AvgIpc) is 2.53. The Bertz CT molecular complexity index is 450. The van der Waals surface area contributed by atoms with Gasteiger partial charge in [-0.1, -0.05) is 19.1 Å². The minimum atomic E-state index is -0.359. The van der Waals surface area contributed by atoms with Crippen molar-refractivity contribution >= 4 is 11.6 Å². The average molecular weight is 290 g/mol. The quantitative estimate of drug-likeness (QED) is 0.876. The molecule has 0 spiro atoms. The van der Waals surface area contributed by atoms with Gasteiger partial charge < -0.3 is 15.3 Å². The number of carbonyl (C=O) groups excluding carboxylic acids is 1. The lowest BCUT2D eigenvalue weighted by atomic mass is 9.96. The maximum Gasteiger partial charge on any atom is 0.216 e. The van der Waals surface area contributed by atoms with Gasteiger partial charge in [-0.2, -0.15) is 0 Å². The Morgan fingerprint density at radius 2 is 1.95 bits per heavy atom. The highest BCUT2D eigenvalue weighted by molar-refractivity contribution is 5.72. The van der Waals surface area contributed by atoms with Crippen molar-refractivity contribution in [3.05, 3.63) is 29.8 Å². The van der Waals surface area contributed by atoms with Gasteiger partial charge in [-0.3, -0.25) is 4.79 Å². The summed E-state index contributed by atoms with van der Waals surface area (Å²) < 4.78 is 0. The fourth-order valence-electron chi connectivity index (χ4n) is 2.83. The standard InChI is InChI=1S/C17H26N2O2/c1-3-17(21)15-4-6-16(7-5-15)19-10-8-14(9-11-19)12-18-13(2)20/h4-7,14,17,21H,3,8-12H2,1-2H3,(H,18,20)/t17-/m1/s1. The molecular weight excluding hydrogens is 264 g/mol. The van der Waals surface area contributed by atoms with Crippen molar-refractivity contribution in [1.29, 1.82) is 0 Å². The van der Waals surface area contributed by atoms with Crippen molar-refractivity contribution in [1.82, 2.24) is 5.32 Å². The van der Waals surface area contributed by atoms with Crippen LogP contribution in [0.25, 0.3) is 0 Å². The van der Waals surface area contributed by atoms with E-state index in [9.17, 15) is 9.90 Å². The summed E-state index contributed by atoms with van der Waals surface area (Å²) in [6, 6.07) is 8.24. The van der Waals surface area contributed by atoms with E-state index in [-0.39, 0.29) is 12.0 Å². The number of rotatable bonds is 5. The number of anilines is 1. The highest BCUT2D eigenvalue weighted by Gasteiger charge is 2.19. The predicted octanol–water partition coefficient (Wildman–Crippen LogP) is 2.48. The third kappa shape index (κ3) is 4.46. The Balaban J connectivity index is 1.86. The van der Waals surface area contributed by atoms with Crippen molar-refractivity contribution in [2.75, 3.05) is 24.5 Å². The Morgan fingerprint density at radius 1 is 1.33 bits per heavy atom. The summed E-state index contributed by atoms with van der Waals surface area (Å²) in [5.41, 5.74) is 2.21. The first-order chi connectivity index (χ1) is 10.1. The zero-order valence-electron chi connectivity index (χ0n) is 13.0. The van der Waals surface area contributed by atoms with Crippen molar-refractivity contribution in [2.45, 2.75) is 39.2 Å². The lowest BCUT2D eigenvalue weighted by Crippen LogP contribution is -2.38. The van der Waals surface area contributed by atoms with Gasteiger partial charge in [0.2, 0.25) is 5.91 Å². The van der Waals surface area contributed by atoms with Crippen LogP contribution in [0.2, 0.25) is 0 Å². The highest BCUT2D eigenvalue weighted by Crippen LogP contribution is 2.25. The summed E-state index contributed by atoms with van der Waals surface area (Å²) in [4.78, 5) is 13.3. The topological polar surface area (TPSA) is 52.6 Å². The minimum Gasteiger partial charge on any atom is -0.388 e. The van der Waals surface area contributed by atoms with Gasteiger partial charge in [0.05, 0.1) is 6.10 Å². The second-order valence-electron chi connectivity index (χ2n) is 5.88. The second kappa shape index (κ2) is 7.46. The van der Waals surface area contributed by atoms with Crippen molar-refractivity contribution < 1.29 is 9.90 Å². The van der Waals surface area contributed by atoms with Gasteiger partial charge in [-0.15, -0.1) is 0 Å². The van der Waals surface area contributed by atoms with E-state index in [0.29, 0.717) is 5.92 Å². The van der Waals surface area contributed by atoms with Crippen molar-refractivity contribution in [3.63, 3.8) is 0 Å². The van der Waals surface area contributed by atoms with Crippen molar-refractivity contribution in [3.8, 4) is 0 Å². The number of aliphatic hydroxyl groups excluding tert-OH is 1. The monoisotopic (exact) mass is 290 g/mol. The molecule has 1 saturated heterocycles. The predicted molar refractivity (Wildman–Crippen MR) is 85.3 cm³/mol. The van der Waals surface area contributed by atoms with Crippen LogP contribution in [0, 0.1) is 5.92 Å². The second-order valence-corrected chi connectivity index (χ2v) is 5.88. The number of aliphatic hydroxyl groups is 1. The molecule has 1 aromatic rings. The van der Waals surface area contributed by atoms with Gasteiger partial charge in [-0.05, 0) is 42.9 Å². The van der Waals surface area contributed by atoms with Gasteiger partial charge in [-0.25, -0.2) is 0 Å². The zero-order valence-corrected chi connectivity index (χ0v) is 13.0. The maximum atomic E-state index is 10.9. The summed E-state index contributed by atoms with van der Waals surface area (Å²) in [6.45, 7) is 6.41. The molecule has 4 nitrogen and oxygen atoms in total. The van der Waals surface area contributed by atoms with Crippen LogP contribution in [0.15, 0.2) is 24.3 Å². The number of piperidine rings is 1. The number of carbonyl (C=O) groups is 1. The molecule has 1 amide bonds. The van der Waals surface area contributed by atoms with Crippen LogP contribution < -0.4 is 10.2 Å². The normalized spacial score (nSPS) is 17.6. The molecule has 0 unspecified atom stereocenters. The number of benzene rings is 1. The molecule has 116 valence electrons. The number of hydrogen-bond donors (Lipinski definition) is 2. The molecule has 2 rings (SSSR count). The number of amides is 1. The summed E-state index contributed by atoms with van der Waals surface area (Å²) >= 11 is 0. The van der Waals surface area contributed by atoms with Gasteiger partial charge in [0.15, 0.2) is 0 Å². The van der Waals surface area contributed by atoms with Crippen LogP contribution in [0.1, 0.15) is 44.8 Å². The van der Waals surface area contributed by atoms with E-state index in [0.717, 1.165) is 44.5 Å². The maximum absolute atomic E-state index is 10.9. The van der Waals surface area contributed by atoms with Gasteiger partial charge in [0.25, 0.3) is 0 Å². The first-order valence-electron chi connectivity index (χ1n) is 7.87. The Morgan fingerprint density at radius 3 is 2.48 bits per heavy atom. The molecule has 1 aliphatic rings. The van der Waals surface area contributed by atoms with Crippen LogP contribution in [0.5, 0.6) is 0 Å². The molecule has 1 heterocycles. The molecule has 1 aliphatic heterocycles. The molecule has 1 aromatic carbocycles. The number of hydrogen-bond acceptors (Lipinski definition) is 3. The van der Waals surface area contributed by atoms with Gasteiger partial charge >= 0.3 is 0 Å². The van der Waals surface area contributed by atoms with E-state index in [4.69, 9.17) is 0 Å². The lowest BCUT2D eigenvalue weighted by molar-refractivity contribution is -0.119. The Hall–Kier alpha value is -1.55. The summed E-state index contributed by atoms with van der Waals surface area (Å²) in [5, 5.41) is 12.7. The van der Waals surface area contributed by atoms with Crippen LogP contribution >= 0.6 is 0 Å². The first-order valence-corrected chi connectivity index (χ1v) is 7.87. The van der Waals surface area contributed by atoms with Crippen LogP contribution in [0.4, 0.5) is 5.69 Å². The number of nitrogens with one attached hydrogen (secondary N) is 1. The molecule has 0 aliphatic carbocycles. The molecule has 0 aromatic heterocycles. The largest absolute Gasteiger partial charge is 0.388 e. The van der Waals surface area contributed by atoms with E-state index in [1.54, 1.807) is 6.92 Å². The molecule has 21 heavy (non-hydrogen) atoms. The summed E-state index contributed by atoms with van der Waals surface area (Å²) in [6.07, 6.45) is 2.61. The summed E-state index contributed by atoms with van der Waals surface area (Å²) in [5.74, 6) is 0.647. The molecule has 2 N–H and O–H groups in total. The highest BCUT2D eigenvalue weighted by atomic mass is 16.3. The molecule has 0 bridgehead atoms. The number of nitrogens with zero attached hydrogens (tertiary/aromatic N) is 1. The SMILES string of the molecule is CC[C@@H](O)c1ccc(N2CCC(CNC(C)=O)CC2)cc1. The Labute approximate surface area is 127 Å². The molecular formula is C17H26N2O2. The fraction of sp³-hybridized carbons (Fsp3) is 0.588. The van der Waals surface area contributed by atoms with Gasteiger partial charge in [0.1, 0.15) is 0 Å². The minimum absolute atomic E-state index is 0.0579. The molecule has 4 heteroatoms. The molecule has 1 fully saturated rings. The van der Waals surface area contributed by atoms with Crippen LogP contribution in [-0.4, -0.2) is 30.6 Å². The first kappa shape index (κ1) is 15.8. The van der Waals surface area contributed by atoms with Crippen LogP contribution in [-0.2, 0) is 4.79 Å². The third-order valence-corrected chi connectivity index (χ3v) is 4.28. The summed E-state index contributed by atoms with van der Waals surface area (Å²) in [7, 11) is 0. The lowest BCUT2D eigenvalue weighted by Gasteiger charge is -2.33. The van der Waals surface area contributed by atoms with E-state index >= 15 is 0 Å². The molecule has 1 atom stereocenters. The fourth-order valence-corrected chi connectivity index (χ4v) is 2.83. The smallest absolute Gasteiger partial charge is 0.216 e. The van der Waals surface area contributed by atoms with Crippen molar-refractivity contribution in [2.24, 2.45) is 5.92 Å². The van der Waals surface area contributed by atoms with E-state index in [1.807, 2.05) is 19.1 Å². The third-order valence-electron chi connectivity index (χ3n) is 4.28. The molecule has 0 radical (unpaired) electrons. The van der Waals surface area contributed by atoms with Crippen LogP contribution in [0.3, 0.4) is 0 Å². The van der Waals surface area contributed by atoms with E-state index in [2.05, 4.69) is 22.3 Å². The van der Waals surface area contributed by atoms with E-state index in [1.165, 1.54) is 5.69 Å². The van der Waals surface area contributed by atoms with E-state index < -0.39 is 0 Å². The zero-order chi connectivity index (χ0) is 15.2.